The lowest BCUT2D eigenvalue weighted by atomic mass is 9.89. The lowest BCUT2D eigenvalue weighted by molar-refractivity contribution is 0.0205. The topological polar surface area (TPSA) is 60.2 Å². The van der Waals surface area contributed by atoms with Crippen LogP contribution in [-0.2, 0) is 4.74 Å². The largest absolute Gasteiger partial charge is 0.444 e. The zero-order chi connectivity index (χ0) is 24.6. The van der Waals surface area contributed by atoms with Gasteiger partial charge in [0.05, 0.1) is 5.52 Å². The molecule has 6 nitrogen and oxygen atoms in total. The van der Waals surface area contributed by atoms with Crippen LogP contribution in [0.2, 0.25) is 0 Å². The fourth-order valence-electron chi connectivity index (χ4n) is 4.72. The van der Waals surface area contributed by atoms with Crippen LogP contribution in [-0.4, -0.2) is 44.2 Å². The summed E-state index contributed by atoms with van der Waals surface area (Å²) in [6.45, 7) is 6.95. The number of carbonyl (C=O) groups is 1. The first-order valence-electron chi connectivity index (χ1n) is 11.9. The van der Waals surface area contributed by atoms with Crippen LogP contribution < -0.4 is 0 Å². The molecule has 180 valence electrons. The number of aromatic nitrogens is 3. The maximum atomic E-state index is 13.6. The maximum absolute atomic E-state index is 13.6. The summed E-state index contributed by atoms with van der Waals surface area (Å²) in [5.41, 5.74) is 4.68. The van der Waals surface area contributed by atoms with Crippen molar-refractivity contribution in [3.63, 3.8) is 0 Å². The normalized spacial score (nSPS) is 14.9. The van der Waals surface area contributed by atoms with Gasteiger partial charge in [0.15, 0.2) is 0 Å². The highest BCUT2D eigenvalue weighted by atomic mass is 19.1. The standard InChI is InChI=1S/C28H29FN4O2/c1-28(2,3)35-27(34)32-12-10-19(11-13-32)25-17-33(23-7-5-22(29)6-8-23)26-9-4-20(14-24(25)26)21-15-30-18-31-16-21/h4-9,14-19H,10-13H2,1-3H3. The molecule has 1 saturated heterocycles. The van der Waals surface area contributed by atoms with E-state index in [4.69, 9.17) is 4.74 Å². The van der Waals surface area contributed by atoms with Crippen LogP contribution in [0.4, 0.5) is 9.18 Å². The van der Waals surface area contributed by atoms with Crippen LogP contribution in [0, 0.1) is 5.82 Å². The van der Waals surface area contributed by atoms with Gasteiger partial charge in [-0.15, -0.1) is 0 Å². The number of hydrogen-bond donors (Lipinski definition) is 0. The van der Waals surface area contributed by atoms with Crippen molar-refractivity contribution >= 4 is 17.0 Å². The van der Waals surface area contributed by atoms with E-state index in [9.17, 15) is 9.18 Å². The maximum Gasteiger partial charge on any atom is 0.410 e. The summed E-state index contributed by atoms with van der Waals surface area (Å²) in [6, 6.07) is 12.9. The fourth-order valence-corrected chi connectivity index (χ4v) is 4.72. The molecule has 1 aliphatic rings. The Kier molecular flexibility index (Phi) is 6.01. The number of nitrogens with zero attached hydrogens (tertiary/aromatic N) is 4. The molecule has 5 rings (SSSR count). The molecule has 0 spiro atoms. The van der Waals surface area contributed by atoms with Crippen molar-refractivity contribution < 1.29 is 13.9 Å². The smallest absolute Gasteiger partial charge is 0.410 e. The summed E-state index contributed by atoms with van der Waals surface area (Å²) in [4.78, 5) is 22.7. The van der Waals surface area contributed by atoms with Gasteiger partial charge in [0.1, 0.15) is 17.7 Å². The highest BCUT2D eigenvalue weighted by Crippen LogP contribution is 2.37. The number of hydrogen-bond acceptors (Lipinski definition) is 4. The van der Waals surface area contributed by atoms with Gasteiger partial charge in [0.25, 0.3) is 0 Å². The van der Waals surface area contributed by atoms with Gasteiger partial charge in [-0.25, -0.2) is 19.2 Å². The zero-order valence-corrected chi connectivity index (χ0v) is 20.2. The Hall–Kier alpha value is -3.74. The number of piperidine rings is 1. The van der Waals surface area contributed by atoms with Crippen molar-refractivity contribution in [1.82, 2.24) is 19.4 Å². The van der Waals surface area contributed by atoms with Crippen molar-refractivity contribution in [2.75, 3.05) is 13.1 Å². The first-order valence-corrected chi connectivity index (χ1v) is 11.9. The molecule has 2 aromatic carbocycles. The Morgan fingerprint density at radius 1 is 1.00 bits per heavy atom. The number of halogens is 1. The highest BCUT2D eigenvalue weighted by molar-refractivity contribution is 5.90. The van der Waals surface area contributed by atoms with Crippen molar-refractivity contribution in [1.29, 1.82) is 0 Å². The van der Waals surface area contributed by atoms with Crippen LogP contribution in [0.25, 0.3) is 27.7 Å². The van der Waals surface area contributed by atoms with E-state index in [-0.39, 0.29) is 11.9 Å². The van der Waals surface area contributed by atoms with Gasteiger partial charge in [-0.1, -0.05) is 6.07 Å². The molecule has 0 bridgehead atoms. The molecule has 0 unspecified atom stereocenters. The van der Waals surface area contributed by atoms with E-state index >= 15 is 0 Å². The minimum atomic E-state index is -0.506. The molecule has 0 saturated carbocycles. The number of fused-ring (bicyclic) bond motifs is 1. The second kappa shape index (κ2) is 9.13. The van der Waals surface area contributed by atoms with Crippen LogP contribution in [0.5, 0.6) is 0 Å². The Morgan fingerprint density at radius 2 is 1.69 bits per heavy atom. The molecule has 0 atom stereocenters. The quantitative estimate of drug-likeness (QED) is 0.349. The number of amides is 1. The number of carbonyl (C=O) groups excluding carboxylic acids is 1. The minimum absolute atomic E-state index is 0.254. The molecule has 3 heterocycles. The third kappa shape index (κ3) is 4.90. The third-order valence-corrected chi connectivity index (χ3v) is 6.42. The van der Waals surface area contributed by atoms with E-state index in [1.807, 2.05) is 33.2 Å². The Balaban J connectivity index is 1.50. The van der Waals surface area contributed by atoms with Crippen LogP contribution in [0.1, 0.15) is 45.1 Å². The first kappa shape index (κ1) is 23.0. The summed E-state index contributed by atoms with van der Waals surface area (Å²) >= 11 is 0. The monoisotopic (exact) mass is 472 g/mol. The average Bonchev–Trinajstić information content (AvgIpc) is 3.23. The lowest BCUT2D eigenvalue weighted by Crippen LogP contribution is -2.41. The minimum Gasteiger partial charge on any atom is -0.444 e. The molecule has 0 N–H and O–H groups in total. The molecule has 1 fully saturated rings. The molecule has 0 aliphatic carbocycles. The van der Waals surface area contributed by atoms with Gasteiger partial charge in [-0.2, -0.15) is 0 Å². The van der Waals surface area contributed by atoms with E-state index in [0.717, 1.165) is 40.6 Å². The number of rotatable bonds is 3. The van der Waals surface area contributed by atoms with Gasteiger partial charge < -0.3 is 14.2 Å². The molecule has 0 radical (unpaired) electrons. The highest BCUT2D eigenvalue weighted by Gasteiger charge is 2.29. The lowest BCUT2D eigenvalue weighted by Gasteiger charge is -2.33. The summed E-state index contributed by atoms with van der Waals surface area (Å²) in [5.74, 6) is 0.0338. The van der Waals surface area contributed by atoms with Crippen LogP contribution in [0.3, 0.4) is 0 Å². The first-order chi connectivity index (χ1) is 16.8. The molecule has 4 aromatic rings. The van der Waals surface area contributed by atoms with Gasteiger partial charge in [-0.3, -0.25) is 0 Å². The second-order valence-corrected chi connectivity index (χ2v) is 10.0. The zero-order valence-electron chi connectivity index (χ0n) is 20.2. The number of ether oxygens (including phenoxy) is 1. The van der Waals surface area contributed by atoms with Crippen molar-refractivity contribution in [2.24, 2.45) is 0 Å². The average molecular weight is 473 g/mol. The van der Waals surface area contributed by atoms with Crippen molar-refractivity contribution in [3.05, 3.63) is 78.8 Å². The second-order valence-electron chi connectivity index (χ2n) is 10.0. The van der Waals surface area contributed by atoms with E-state index in [1.54, 1.807) is 17.0 Å². The summed E-state index contributed by atoms with van der Waals surface area (Å²) in [5, 5.41) is 1.14. The van der Waals surface area contributed by atoms with E-state index < -0.39 is 5.60 Å². The molecule has 2 aromatic heterocycles. The Labute approximate surface area is 204 Å². The van der Waals surface area contributed by atoms with Gasteiger partial charge in [0, 0.05) is 48.3 Å². The van der Waals surface area contributed by atoms with E-state index in [0.29, 0.717) is 19.0 Å². The van der Waals surface area contributed by atoms with Gasteiger partial charge >= 0.3 is 6.09 Å². The van der Waals surface area contributed by atoms with Gasteiger partial charge in [-0.05, 0) is 87.1 Å². The van der Waals surface area contributed by atoms with Crippen LogP contribution in [0.15, 0.2) is 67.4 Å². The molecule has 7 heteroatoms. The summed E-state index contributed by atoms with van der Waals surface area (Å²) < 4.78 is 21.3. The summed E-state index contributed by atoms with van der Waals surface area (Å²) in [7, 11) is 0. The molecule has 35 heavy (non-hydrogen) atoms. The predicted octanol–water partition coefficient (Wildman–Crippen LogP) is 6.34. The third-order valence-electron chi connectivity index (χ3n) is 6.42. The van der Waals surface area contributed by atoms with E-state index in [1.165, 1.54) is 24.0 Å². The Bertz CT molecular complexity index is 1340. The molecular formula is C28H29FN4O2. The Morgan fingerprint density at radius 3 is 2.34 bits per heavy atom. The van der Waals surface area contributed by atoms with Gasteiger partial charge in [0.2, 0.25) is 0 Å². The molecule has 1 amide bonds. The van der Waals surface area contributed by atoms with Crippen molar-refractivity contribution in [3.8, 4) is 16.8 Å². The SMILES string of the molecule is CC(C)(C)OC(=O)N1CCC(c2cn(-c3ccc(F)cc3)c3ccc(-c4cncnc4)cc23)CC1. The molecule has 1 aliphatic heterocycles. The van der Waals surface area contributed by atoms with Crippen LogP contribution >= 0.6 is 0 Å². The molecular weight excluding hydrogens is 443 g/mol. The van der Waals surface area contributed by atoms with E-state index in [2.05, 4.69) is 38.9 Å². The van der Waals surface area contributed by atoms with Crippen molar-refractivity contribution in [2.45, 2.75) is 45.1 Å². The predicted molar refractivity (Wildman–Crippen MR) is 134 cm³/mol. The number of likely N-dealkylation sites (tertiary alicyclic amines) is 1. The fraction of sp³-hybridized carbons (Fsp3) is 0.321. The summed E-state index contributed by atoms with van der Waals surface area (Å²) in [6.07, 6.45) is 8.75. The number of benzene rings is 2.